The molecular formula is C22H29N5O3. The minimum atomic E-state index is -0.518. The molecule has 8 heteroatoms. The summed E-state index contributed by atoms with van der Waals surface area (Å²) in [6, 6.07) is 2.21. The van der Waals surface area contributed by atoms with Crippen LogP contribution in [0.2, 0.25) is 0 Å². The zero-order valence-corrected chi connectivity index (χ0v) is 17.5. The molecule has 0 spiro atoms. The van der Waals surface area contributed by atoms with Crippen molar-refractivity contribution in [2.24, 2.45) is 0 Å². The number of nitrogens with one attached hydrogen (secondary N) is 1. The highest BCUT2D eigenvalue weighted by molar-refractivity contribution is 6.05. The molecule has 1 N–H and O–H groups in total. The van der Waals surface area contributed by atoms with E-state index >= 15 is 0 Å². The van der Waals surface area contributed by atoms with Gasteiger partial charge in [-0.1, -0.05) is 6.92 Å². The molecule has 1 unspecified atom stereocenters. The van der Waals surface area contributed by atoms with Crippen LogP contribution >= 0.6 is 0 Å². The number of amides is 1. The molecule has 4 heterocycles. The number of nitrogens with zero attached hydrogens (tertiary/aromatic N) is 4. The van der Waals surface area contributed by atoms with Crippen LogP contribution in [-0.2, 0) is 6.54 Å². The number of H-pyrrole nitrogens is 1. The molecule has 160 valence electrons. The van der Waals surface area contributed by atoms with Gasteiger partial charge in [-0.2, -0.15) is 0 Å². The van der Waals surface area contributed by atoms with Gasteiger partial charge in [-0.15, -0.1) is 0 Å². The Balaban J connectivity index is 1.57. The van der Waals surface area contributed by atoms with Gasteiger partial charge in [-0.05, 0) is 57.7 Å². The summed E-state index contributed by atoms with van der Waals surface area (Å²) in [7, 11) is 0. The van der Waals surface area contributed by atoms with Gasteiger partial charge in [0.05, 0.1) is 10.9 Å². The van der Waals surface area contributed by atoms with Crippen molar-refractivity contribution in [3.05, 3.63) is 38.2 Å². The third-order valence-electron chi connectivity index (χ3n) is 6.75. The van der Waals surface area contributed by atoms with Crippen molar-refractivity contribution in [2.45, 2.75) is 64.0 Å². The first kappa shape index (κ1) is 19.5. The van der Waals surface area contributed by atoms with Crippen molar-refractivity contribution in [3.63, 3.8) is 0 Å². The molecule has 8 nitrogen and oxygen atoms in total. The van der Waals surface area contributed by atoms with Crippen LogP contribution in [0.15, 0.2) is 15.7 Å². The summed E-state index contributed by atoms with van der Waals surface area (Å²) in [5.41, 5.74) is 0.610. The highest BCUT2D eigenvalue weighted by Crippen LogP contribution is 2.40. The molecule has 2 aliphatic heterocycles. The highest BCUT2D eigenvalue weighted by atomic mass is 16.2. The van der Waals surface area contributed by atoms with Gasteiger partial charge in [-0.3, -0.25) is 24.0 Å². The van der Waals surface area contributed by atoms with E-state index in [1.807, 2.05) is 17.9 Å². The second kappa shape index (κ2) is 7.65. The molecule has 0 bridgehead atoms. The Morgan fingerprint density at radius 3 is 2.63 bits per heavy atom. The van der Waals surface area contributed by atoms with E-state index in [0.29, 0.717) is 42.8 Å². The summed E-state index contributed by atoms with van der Waals surface area (Å²) in [5.74, 6) is 0.208. The Hall–Kier alpha value is -2.48. The van der Waals surface area contributed by atoms with E-state index in [2.05, 4.69) is 14.9 Å². The summed E-state index contributed by atoms with van der Waals surface area (Å²) in [6.07, 6.45) is 6.25. The average molecular weight is 412 g/mol. The predicted molar refractivity (Wildman–Crippen MR) is 114 cm³/mol. The molecule has 30 heavy (non-hydrogen) atoms. The van der Waals surface area contributed by atoms with E-state index in [4.69, 9.17) is 0 Å². The maximum Gasteiger partial charge on any atom is 0.329 e. The van der Waals surface area contributed by atoms with Crippen LogP contribution < -0.4 is 11.2 Å². The van der Waals surface area contributed by atoms with Gasteiger partial charge < -0.3 is 4.90 Å². The number of likely N-dealkylation sites (tertiary alicyclic amines) is 2. The summed E-state index contributed by atoms with van der Waals surface area (Å²) < 4.78 is 1.51. The van der Waals surface area contributed by atoms with Gasteiger partial charge in [0.2, 0.25) is 0 Å². The molecule has 1 atom stereocenters. The third-order valence-corrected chi connectivity index (χ3v) is 6.75. The Kier molecular flexibility index (Phi) is 4.97. The van der Waals surface area contributed by atoms with Crippen molar-refractivity contribution < 1.29 is 4.79 Å². The first-order valence-electron chi connectivity index (χ1n) is 11.3. The Bertz CT molecular complexity index is 1090. The number of aromatic nitrogens is 3. The normalized spacial score (nSPS) is 22.3. The number of hydrogen-bond acceptors (Lipinski definition) is 5. The summed E-state index contributed by atoms with van der Waals surface area (Å²) in [4.78, 5) is 50.2. The molecule has 3 aliphatic rings. The number of aryl methyl sites for hydroxylation is 1. The number of carbonyl (C=O) groups is 1. The lowest BCUT2D eigenvalue weighted by Crippen LogP contribution is -2.38. The monoisotopic (exact) mass is 411 g/mol. The molecule has 1 aliphatic carbocycles. The number of aromatic amines is 1. The molecule has 3 fully saturated rings. The van der Waals surface area contributed by atoms with Gasteiger partial charge >= 0.3 is 5.69 Å². The summed E-state index contributed by atoms with van der Waals surface area (Å²) in [6.45, 7) is 6.06. The fourth-order valence-electron chi connectivity index (χ4n) is 4.98. The molecule has 2 saturated heterocycles. The SMILES string of the molecule is CCCn1c(=O)[nH]c(=O)c2c(C(=O)N3CCC(N4CCCC4)C3)cc(C3CC3)nc21. The van der Waals surface area contributed by atoms with Crippen LogP contribution in [0.1, 0.15) is 67.4 Å². The second-order valence-electron chi connectivity index (χ2n) is 8.92. The lowest BCUT2D eigenvalue weighted by atomic mass is 10.1. The van der Waals surface area contributed by atoms with Crippen LogP contribution in [0.3, 0.4) is 0 Å². The molecule has 2 aromatic rings. The van der Waals surface area contributed by atoms with Crippen molar-refractivity contribution in [1.29, 1.82) is 0 Å². The fraction of sp³-hybridized carbons (Fsp3) is 0.636. The fourth-order valence-corrected chi connectivity index (χ4v) is 4.98. The van der Waals surface area contributed by atoms with E-state index in [1.54, 1.807) is 0 Å². The number of rotatable bonds is 5. The maximum atomic E-state index is 13.6. The Morgan fingerprint density at radius 1 is 1.17 bits per heavy atom. The van der Waals surface area contributed by atoms with E-state index in [0.717, 1.165) is 44.5 Å². The van der Waals surface area contributed by atoms with Crippen molar-refractivity contribution in [2.75, 3.05) is 26.2 Å². The topological polar surface area (TPSA) is 91.3 Å². The minimum absolute atomic E-state index is 0.113. The average Bonchev–Trinajstić information content (AvgIpc) is 3.23. The third kappa shape index (κ3) is 3.37. The second-order valence-corrected chi connectivity index (χ2v) is 8.92. The molecule has 5 rings (SSSR count). The molecular weight excluding hydrogens is 382 g/mol. The van der Waals surface area contributed by atoms with E-state index in [-0.39, 0.29) is 11.3 Å². The molecule has 0 aromatic carbocycles. The molecule has 2 aromatic heterocycles. The number of pyridine rings is 1. The Labute approximate surface area is 174 Å². The predicted octanol–water partition coefficient (Wildman–Crippen LogP) is 1.68. The Morgan fingerprint density at radius 2 is 1.93 bits per heavy atom. The van der Waals surface area contributed by atoms with Gasteiger partial charge in [0.25, 0.3) is 11.5 Å². The lowest BCUT2D eigenvalue weighted by Gasteiger charge is -2.24. The van der Waals surface area contributed by atoms with Gasteiger partial charge in [0.1, 0.15) is 0 Å². The van der Waals surface area contributed by atoms with Gasteiger partial charge in [0.15, 0.2) is 5.65 Å². The van der Waals surface area contributed by atoms with Crippen LogP contribution in [0.25, 0.3) is 11.0 Å². The summed E-state index contributed by atoms with van der Waals surface area (Å²) in [5, 5.41) is 0.252. The van der Waals surface area contributed by atoms with Crippen LogP contribution in [0, 0.1) is 0 Å². The van der Waals surface area contributed by atoms with Crippen LogP contribution in [-0.4, -0.2) is 62.5 Å². The van der Waals surface area contributed by atoms with Crippen molar-refractivity contribution in [1.82, 2.24) is 24.3 Å². The minimum Gasteiger partial charge on any atom is -0.337 e. The molecule has 1 amide bonds. The van der Waals surface area contributed by atoms with Gasteiger partial charge in [0, 0.05) is 37.3 Å². The smallest absolute Gasteiger partial charge is 0.329 e. The van der Waals surface area contributed by atoms with E-state index < -0.39 is 11.2 Å². The number of fused-ring (bicyclic) bond motifs is 1. The van der Waals surface area contributed by atoms with Crippen LogP contribution in [0.5, 0.6) is 0 Å². The lowest BCUT2D eigenvalue weighted by molar-refractivity contribution is 0.0781. The highest BCUT2D eigenvalue weighted by Gasteiger charge is 2.34. The van der Waals surface area contributed by atoms with Crippen molar-refractivity contribution >= 4 is 16.9 Å². The zero-order chi connectivity index (χ0) is 20.8. The quantitative estimate of drug-likeness (QED) is 0.808. The first-order valence-corrected chi connectivity index (χ1v) is 11.3. The first-order chi connectivity index (χ1) is 14.6. The van der Waals surface area contributed by atoms with E-state index in [9.17, 15) is 14.4 Å². The molecule has 1 saturated carbocycles. The zero-order valence-electron chi connectivity index (χ0n) is 17.5. The molecule has 0 radical (unpaired) electrons. The summed E-state index contributed by atoms with van der Waals surface area (Å²) >= 11 is 0. The van der Waals surface area contributed by atoms with Crippen LogP contribution in [0.4, 0.5) is 0 Å². The number of hydrogen-bond donors (Lipinski definition) is 1. The standard InChI is InChI=1S/C22H29N5O3/c1-2-8-27-19-18(20(28)24-22(27)30)16(12-17(23-19)14-5-6-14)21(29)26-11-7-15(13-26)25-9-3-4-10-25/h12,14-15H,2-11,13H2,1H3,(H,24,28,30). The number of carbonyl (C=O) groups excluding carboxylic acids is 1. The van der Waals surface area contributed by atoms with Crippen molar-refractivity contribution in [3.8, 4) is 0 Å². The van der Waals surface area contributed by atoms with E-state index in [1.165, 1.54) is 17.4 Å². The maximum absolute atomic E-state index is 13.6. The largest absolute Gasteiger partial charge is 0.337 e. The van der Waals surface area contributed by atoms with Gasteiger partial charge in [-0.25, -0.2) is 9.78 Å².